The number of amides is 1. The van der Waals surface area contributed by atoms with E-state index in [0.717, 1.165) is 0 Å². The molecule has 16 heavy (non-hydrogen) atoms. The third kappa shape index (κ3) is 3.36. The SMILES string of the molecule is CC(=O)c1ccc(NC(=O)C(N)CS)cc1. The number of thiol groups is 1. The van der Waals surface area contributed by atoms with E-state index in [2.05, 4.69) is 17.9 Å². The maximum Gasteiger partial charge on any atom is 0.242 e. The van der Waals surface area contributed by atoms with E-state index in [0.29, 0.717) is 11.3 Å². The maximum absolute atomic E-state index is 11.4. The van der Waals surface area contributed by atoms with Crippen LogP contribution in [0.1, 0.15) is 17.3 Å². The zero-order chi connectivity index (χ0) is 12.1. The molecule has 1 aromatic rings. The fraction of sp³-hybridized carbons (Fsp3) is 0.273. The van der Waals surface area contributed by atoms with Crippen molar-refractivity contribution in [2.75, 3.05) is 11.1 Å². The Bertz CT molecular complexity index is 389. The van der Waals surface area contributed by atoms with Crippen molar-refractivity contribution >= 4 is 30.0 Å². The summed E-state index contributed by atoms with van der Waals surface area (Å²) in [6.07, 6.45) is 0. The predicted molar refractivity (Wildman–Crippen MR) is 66.9 cm³/mol. The largest absolute Gasteiger partial charge is 0.325 e. The molecule has 3 N–H and O–H groups in total. The second-order valence-electron chi connectivity index (χ2n) is 3.41. The number of Topliss-reactive ketones (excluding diaryl/α,β-unsaturated/α-hetero) is 1. The summed E-state index contributed by atoms with van der Waals surface area (Å²) in [5.41, 5.74) is 6.73. The van der Waals surface area contributed by atoms with Gasteiger partial charge in [-0.05, 0) is 31.2 Å². The van der Waals surface area contributed by atoms with Gasteiger partial charge in [0.2, 0.25) is 5.91 Å². The summed E-state index contributed by atoms with van der Waals surface area (Å²) in [5, 5.41) is 2.63. The van der Waals surface area contributed by atoms with E-state index in [-0.39, 0.29) is 17.4 Å². The van der Waals surface area contributed by atoms with Gasteiger partial charge in [0.05, 0.1) is 6.04 Å². The van der Waals surface area contributed by atoms with Crippen LogP contribution in [0.25, 0.3) is 0 Å². The smallest absolute Gasteiger partial charge is 0.242 e. The number of nitrogens with one attached hydrogen (secondary N) is 1. The van der Waals surface area contributed by atoms with Crippen molar-refractivity contribution in [2.45, 2.75) is 13.0 Å². The Hall–Kier alpha value is -1.33. The lowest BCUT2D eigenvalue weighted by Gasteiger charge is -2.09. The van der Waals surface area contributed by atoms with Gasteiger partial charge in [-0.25, -0.2) is 0 Å². The highest BCUT2D eigenvalue weighted by molar-refractivity contribution is 7.80. The molecule has 1 amide bonds. The van der Waals surface area contributed by atoms with Gasteiger partial charge in [0.15, 0.2) is 5.78 Å². The standard InChI is InChI=1S/C11H14N2O2S/c1-7(14)8-2-4-9(5-3-8)13-11(15)10(12)6-16/h2-5,10,16H,6,12H2,1H3,(H,13,15). The molecule has 0 aliphatic heterocycles. The van der Waals surface area contributed by atoms with Crippen LogP contribution >= 0.6 is 12.6 Å². The highest BCUT2D eigenvalue weighted by Crippen LogP contribution is 2.10. The van der Waals surface area contributed by atoms with Gasteiger partial charge in [0.25, 0.3) is 0 Å². The lowest BCUT2D eigenvalue weighted by Crippen LogP contribution is -2.37. The lowest BCUT2D eigenvalue weighted by atomic mass is 10.1. The number of carbonyl (C=O) groups is 2. The number of nitrogens with two attached hydrogens (primary N) is 1. The van der Waals surface area contributed by atoms with Gasteiger partial charge in [-0.15, -0.1) is 0 Å². The molecule has 0 fully saturated rings. The zero-order valence-corrected chi connectivity index (χ0v) is 9.83. The Morgan fingerprint density at radius 1 is 1.38 bits per heavy atom. The molecule has 0 aliphatic rings. The minimum Gasteiger partial charge on any atom is -0.325 e. The van der Waals surface area contributed by atoms with Gasteiger partial charge in [-0.1, -0.05) is 0 Å². The molecule has 1 rings (SSSR count). The van der Waals surface area contributed by atoms with Crippen molar-refractivity contribution in [3.05, 3.63) is 29.8 Å². The van der Waals surface area contributed by atoms with Gasteiger partial charge in [-0.2, -0.15) is 12.6 Å². The molecule has 0 saturated heterocycles. The summed E-state index contributed by atoms with van der Waals surface area (Å²) >= 11 is 3.93. The second-order valence-corrected chi connectivity index (χ2v) is 3.78. The summed E-state index contributed by atoms with van der Waals surface area (Å²) in [6.45, 7) is 1.49. The van der Waals surface area contributed by atoms with Gasteiger partial charge in [0.1, 0.15) is 0 Å². The van der Waals surface area contributed by atoms with E-state index < -0.39 is 6.04 Å². The second kappa shape index (κ2) is 5.67. The molecule has 0 heterocycles. The van der Waals surface area contributed by atoms with Crippen LogP contribution in [0.2, 0.25) is 0 Å². The van der Waals surface area contributed by atoms with E-state index in [9.17, 15) is 9.59 Å². The van der Waals surface area contributed by atoms with Gasteiger partial charge < -0.3 is 11.1 Å². The van der Waals surface area contributed by atoms with Crippen LogP contribution in [0.3, 0.4) is 0 Å². The number of ketones is 1. The van der Waals surface area contributed by atoms with E-state index in [4.69, 9.17) is 5.73 Å². The first-order chi connectivity index (χ1) is 7.54. The number of rotatable bonds is 4. The number of carbonyl (C=O) groups excluding carboxylic acids is 2. The van der Waals surface area contributed by atoms with Crippen molar-refractivity contribution in [3.8, 4) is 0 Å². The normalized spacial score (nSPS) is 11.9. The summed E-state index contributed by atoms with van der Waals surface area (Å²) in [5.74, 6) is -0.00677. The van der Waals surface area contributed by atoms with Crippen LogP contribution in [-0.2, 0) is 4.79 Å². The monoisotopic (exact) mass is 238 g/mol. The average molecular weight is 238 g/mol. The third-order valence-corrected chi connectivity index (χ3v) is 2.49. The molecule has 4 nitrogen and oxygen atoms in total. The Morgan fingerprint density at radius 3 is 2.38 bits per heavy atom. The minimum atomic E-state index is -0.629. The first kappa shape index (κ1) is 12.7. The Kier molecular flexibility index (Phi) is 4.52. The van der Waals surface area contributed by atoms with Crippen LogP contribution in [0, 0.1) is 0 Å². The average Bonchev–Trinajstić information content (AvgIpc) is 2.28. The van der Waals surface area contributed by atoms with Gasteiger partial charge in [0, 0.05) is 17.0 Å². The minimum absolute atomic E-state index is 0.00932. The Balaban J connectivity index is 2.69. The van der Waals surface area contributed by atoms with Crippen molar-refractivity contribution < 1.29 is 9.59 Å². The van der Waals surface area contributed by atoms with Crippen LogP contribution in [0.15, 0.2) is 24.3 Å². The first-order valence-corrected chi connectivity index (χ1v) is 5.46. The third-order valence-electron chi connectivity index (χ3n) is 2.09. The number of anilines is 1. The molecule has 0 spiro atoms. The number of hydrogen-bond acceptors (Lipinski definition) is 4. The molecule has 0 saturated carbocycles. The van der Waals surface area contributed by atoms with Gasteiger partial charge in [-0.3, -0.25) is 9.59 Å². The highest BCUT2D eigenvalue weighted by Gasteiger charge is 2.11. The Labute approximate surface area is 99.6 Å². The number of hydrogen-bond donors (Lipinski definition) is 3. The highest BCUT2D eigenvalue weighted by atomic mass is 32.1. The van der Waals surface area contributed by atoms with Crippen LogP contribution in [0.5, 0.6) is 0 Å². The van der Waals surface area contributed by atoms with Crippen LogP contribution in [-0.4, -0.2) is 23.5 Å². The molecule has 5 heteroatoms. The summed E-state index contributed by atoms with van der Waals surface area (Å²) in [6, 6.07) is 6.02. The van der Waals surface area contributed by atoms with Crippen molar-refractivity contribution in [1.29, 1.82) is 0 Å². The fourth-order valence-corrected chi connectivity index (χ4v) is 1.27. The molecule has 0 bridgehead atoms. The molecular formula is C11H14N2O2S. The topological polar surface area (TPSA) is 72.2 Å². The molecule has 1 unspecified atom stereocenters. The molecule has 86 valence electrons. The fourth-order valence-electron chi connectivity index (χ4n) is 1.11. The quantitative estimate of drug-likeness (QED) is 0.543. The predicted octanol–water partition coefficient (Wildman–Crippen LogP) is 1.08. The van der Waals surface area contributed by atoms with Gasteiger partial charge >= 0.3 is 0 Å². The molecule has 1 atom stereocenters. The summed E-state index contributed by atoms with van der Waals surface area (Å²) < 4.78 is 0. The van der Waals surface area contributed by atoms with E-state index >= 15 is 0 Å². The Morgan fingerprint density at radius 2 is 1.94 bits per heavy atom. The molecular weight excluding hydrogens is 224 g/mol. The summed E-state index contributed by atoms with van der Waals surface area (Å²) in [4.78, 5) is 22.4. The molecule has 0 aromatic heterocycles. The number of benzene rings is 1. The molecule has 0 aliphatic carbocycles. The summed E-state index contributed by atoms with van der Waals surface area (Å²) in [7, 11) is 0. The van der Waals surface area contributed by atoms with Crippen LogP contribution in [0.4, 0.5) is 5.69 Å². The lowest BCUT2D eigenvalue weighted by molar-refractivity contribution is -0.116. The van der Waals surface area contributed by atoms with Crippen LogP contribution < -0.4 is 11.1 Å². The van der Waals surface area contributed by atoms with Crippen molar-refractivity contribution in [1.82, 2.24) is 0 Å². The maximum atomic E-state index is 11.4. The van der Waals surface area contributed by atoms with E-state index in [1.165, 1.54) is 6.92 Å². The zero-order valence-electron chi connectivity index (χ0n) is 8.93. The van der Waals surface area contributed by atoms with E-state index in [1.807, 2.05) is 0 Å². The van der Waals surface area contributed by atoms with Crippen molar-refractivity contribution in [2.24, 2.45) is 5.73 Å². The van der Waals surface area contributed by atoms with E-state index in [1.54, 1.807) is 24.3 Å². The first-order valence-electron chi connectivity index (χ1n) is 4.83. The molecule has 1 aromatic carbocycles. The molecule has 0 radical (unpaired) electrons. The van der Waals surface area contributed by atoms with Crippen molar-refractivity contribution in [3.63, 3.8) is 0 Å².